The van der Waals surface area contributed by atoms with Crippen molar-refractivity contribution >= 4 is 44.3 Å². The number of allylic oxidation sites excluding steroid dienone is 9. The monoisotopic (exact) mass is 760 g/mol. The zero-order valence-electron chi connectivity index (χ0n) is 33.7. The summed E-state index contributed by atoms with van der Waals surface area (Å²) in [5, 5.41) is 2.57. The van der Waals surface area contributed by atoms with E-state index in [1.54, 1.807) is 0 Å². The van der Waals surface area contributed by atoms with E-state index in [0.29, 0.717) is 11.8 Å². The zero-order valence-corrected chi connectivity index (χ0v) is 33.7. The number of benzene rings is 6. The molecule has 1 aliphatic heterocycles. The molecule has 3 aliphatic carbocycles. The molecule has 2 heteroatoms. The van der Waals surface area contributed by atoms with Gasteiger partial charge in [0.05, 0.1) is 22.8 Å². The van der Waals surface area contributed by atoms with Crippen molar-refractivity contribution in [3.63, 3.8) is 0 Å². The Kier molecular flexibility index (Phi) is 8.81. The van der Waals surface area contributed by atoms with Gasteiger partial charge in [-0.2, -0.15) is 0 Å². The highest BCUT2D eigenvalue weighted by atomic mass is 15.2. The summed E-state index contributed by atoms with van der Waals surface area (Å²) < 4.78 is 2.60. The van der Waals surface area contributed by atoms with Crippen molar-refractivity contribution in [2.45, 2.75) is 44.6 Å². The molecule has 286 valence electrons. The smallest absolute Gasteiger partial charge is 0.0629 e. The largest absolute Gasteiger partial charge is 0.333 e. The molecule has 4 aliphatic rings. The van der Waals surface area contributed by atoms with Crippen LogP contribution in [0.25, 0.3) is 49.8 Å². The maximum atomic E-state index is 2.65. The first-order chi connectivity index (χ1) is 29.1. The molecule has 2 heterocycles. The maximum absolute atomic E-state index is 2.65. The Morgan fingerprint density at radius 2 is 1.29 bits per heavy atom. The Hall–Kier alpha value is -6.64. The molecule has 0 N–H and O–H groups in total. The second kappa shape index (κ2) is 14.6. The third kappa shape index (κ3) is 6.00. The predicted molar refractivity (Wildman–Crippen MR) is 250 cm³/mol. The Balaban J connectivity index is 1.10. The first-order valence-electron chi connectivity index (χ1n) is 21.4. The van der Waals surface area contributed by atoms with Crippen LogP contribution in [0.3, 0.4) is 0 Å². The highest BCUT2D eigenvalue weighted by molar-refractivity contribution is 6.11. The summed E-state index contributed by atoms with van der Waals surface area (Å²) in [5.74, 6) is 1.19. The lowest BCUT2D eigenvalue weighted by Gasteiger charge is -2.32. The number of para-hydroxylation sites is 2. The van der Waals surface area contributed by atoms with Crippen molar-refractivity contribution < 1.29 is 0 Å². The molecule has 0 saturated carbocycles. The summed E-state index contributed by atoms with van der Waals surface area (Å²) in [7, 11) is 0. The van der Waals surface area contributed by atoms with Crippen molar-refractivity contribution in [2.75, 3.05) is 4.90 Å². The average molecular weight is 761 g/mol. The van der Waals surface area contributed by atoms with Gasteiger partial charge >= 0.3 is 0 Å². The molecule has 6 aromatic carbocycles. The van der Waals surface area contributed by atoms with E-state index in [4.69, 9.17) is 0 Å². The van der Waals surface area contributed by atoms with Gasteiger partial charge in [-0.3, -0.25) is 0 Å². The standard InChI is InChI=1S/C57H48N2/c1-38-39(2)55(37-45(41-20-8-4-9-21-41)35-52(38)42-22-10-5-11-23-42)59-54-31-15-12-26-48(54)50-33-32-44(36-56(50)59)47-28-17-29-51-49-27-13-14-30-53(49)58(57(47)51)46-25-16-24-43(34-46)40-18-6-3-7-19-40/h3-15,17-23,25-39,49,52-53H,16,24H2,1-2H3/t38-,39+,49?,52?,53?/m1/s1. The number of nitrogens with zero attached hydrogens (tertiary/aromatic N) is 2. The van der Waals surface area contributed by atoms with E-state index < -0.39 is 0 Å². The van der Waals surface area contributed by atoms with E-state index in [1.165, 1.54) is 83.4 Å². The molecule has 0 bridgehead atoms. The van der Waals surface area contributed by atoms with E-state index in [0.717, 1.165) is 12.8 Å². The minimum Gasteiger partial charge on any atom is -0.333 e. The summed E-state index contributed by atoms with van der Waals surface area (Å²) in [5.41, 5.74) is 17.0. The molecule has 0 radical (unpaired) electrons. The fourth-order valence-electron chi connectivity index (χ4n) is 10.5. The van der Waals surface area contributed by atoms with E-state index in [2.05, 4.69) is 224 Å². The summed E-state index contributed by atoms with van der Waals surface area (Å²) in [6.07, 6.45) is 21.3. The number of fused-ring (bicyclic) bond motifs is 6. The lowest BCUT2D eigenvalue weighted by atomic mass is 9.79. The Bertz CT molecular complexity index is 2920. The van der Waals surface area contributed by atoms with Gasteiger partial charge < -0.3 is 9.47 Å². The molecule has 59 heavy (non-hydrogen) atoms. The fraction of sp³-hybridized carbons (Fsp3) is 0.158. The zero-order chi connectivity index (χ0) is 39.5. The quantitative estimate of drug-likeness (QED) is 0.164. The van der Waals surface area contributed by atoms with Gasteiger partial charge in [0.2, 0.25) is 0 Å². The summed E-state index contributed by atoms with van der Waals surface area (Å²) in [4.78, 5) is 2.65. The average Bonchev–Trinajstić information content (AvgIpc) is 3.78. The summed E-state index contributed by atoms with van der Waals surface area (Å²) in [6, 6.07) is 56.5. The van der Waals surface area contributed by atoms with Crippen LogP contribution in [0.4, 0.5) is 5.69 Å². The van der Waals surface area contributed by atoms with Gasteiger partial charge in [-0.05, 0) is 82.0 Å². The van der Waals surface area contributed by atoms with E-state index in [1.807, 2.05) is 0 Å². The van der Waals surface area contributed by atoms with Crippen LogP contribution in [0.15, 0.2) is 206 Å². The van der Waals surface area contributed by atoms with Crippen molar-refractivity contribution in [1.82, 2.24) is 4.57 Å². The number of hydrogen-bond acceptors (Lipinski definition) is 1. The molecule has 0 fully saturated rings. The lowest BCUT2D eigenvalue weighted by Crippen LogP contribution is -2.32. The molecule has 11 rings (SSSR count). The van der Waals surface area contributed by atoms with Gasteiger partial charge in [-0.1, -0.05) is 190 Å². The van der Waals surface area contributed by atoms with Crippen molar-refractivity contribution in [3.8, 4) is 11.1 Å². The molecule has 7 aromatic rings. The van der Waals surface area contributed by atoms with Crippen molar-refractivity contribution in [3.05, 3.63) is 228 Å². The van der Waals surface area contributed by atoms with Gasteiger partial charge in [0.25, 0.3) is 0 Å². The fourth-order valence-corrected chi connectivity index (χ4v) is 10.5. The number of hydrogen-bond donors (Lipinski definition) is 0. The van der Waals surface area contributed by atoms with Gasteiger partial charge in [-0.15, -0.1) is 0 Å². The maximum Gasteiger partial charge on any atom is 0.0629 e. The number of aromatic nitrogens is 1. The molecular formula is C57H48N2. The minimum atomic E-state index is 0.225. The predicted octanol–water partition coefficient (Wildman–Crippen LogP) is 14.6. The molecule has 2 nitrogen and oxygen atoms in total. The van der Waals surface area contributed by atoms with Crippen LogP contribution >= 0.6 is 0 Å². The van der Waals surface area contributed by atoms with E-state index in [-0.39, 0.29) is 17.9 Å². The Morgan fingerprint density at radius 3 is 2.10 bits per heavy atom. The van der Waals surface area contributed by atoms with E-state index >= 15 is 0 Å². The second-order valence-corrected chi connectivity index (χ2v) is 16.8. The SMILES string of the molecule is C[C@@H]1C(n2c3ccccc3c3ccc(-c4cccc5c4N(C4=CCCC(c6ccccc6)=C4)C4C=CC=CC54)cc32)=CC(c2ccccc2)=CC(c2ccccc2)[C@@H]1C. The third-order valence-corrected chi connectivity index (χ3v) is 13.6. The van der Waals surface area contributed by atoms with Crippen LogP contribution in [0, 0.1) is 11.8 Å². The molecule has 3 unspecified atom stereocenters. The van der Waals surface area contributed by atoms with Gasteiger partial charge in [0.1, 0.15) is 0 Å². The second-order valence-electron chi connectivity index (χ2n) is 16.8. The Labute approximate surface area is 348 Å². The van der Waals surface area contributed by atoms with Gasteiger partial charge in [0.15, 0.2) is 0 Å². The lowest BCUT2D eigenvalue weighted by molar-refractivity contribution is 0.424. The van der Waals surface area contributed by atoms with Crippen molar-refractivity contribution in [1.29, 1.82) is 0 Å². The number of rotatable bonds is 6. The first-order valence-corrected chi connectivity index (χ1v) is 21.4. The molecule has 5 atom stereocenters. The number of anilines is 1. The molecule has 0 saturated heterocycles. The van der Waals surface area contributed by atoms with Crippen LogP contribution in [-0.4, -0.2) is 10.6 Å². The Morgan fingerprint density at radius 1 is 0.576 bits per heavy atom. The molecular weight excluding hydrogens is 713 g/mol. The van der Waals surface area contributed by atoms with Crippen LogP contribution in [-0.2, 0) is 0 Å². The first kappa shape index (κ1) is 35.5. The van der Waals surface area contributed by atoms with E-state index in [9.17, 15) is 0 Å². The van der Waals surface area contributed by atoms with Crippen LogP contribution in [0.2, 0.25) is 0 Å². The molecule has 1 aromatic heterocycles. The highest BCUT2D eigenvalue weighted by Gasteiger charge is 2.40. The van der Waals surface area contributed by atoms with Crippen molar-refractivity contribution in [2.24, 2.45) is 11.8 Å². The third-order valence-electron chi connectivity index (χ3n) is 13.6. The topological polar surface area (TPSA) is 8.17 Å². The highest BCUT2D eigenvalue weighted by Crippen LogP contribution is 2.52. The van der Waals surface area contributed by atoms with Gasteiger partial charge in [0, 0.05) is 45.5 Å². The van der Waals surface area contributed by atoms with Crippen LogP contribution in [0.1, 0.15) is 60.8 Å². The van der Waals surface area contributed by atoms with Gasteiger partial charge in [-0.25, -0.2) is 0 Å². The summed E-state index contributed by atoms with van der Waals surface area (Å²) in [6.45, 7) is 4.89. The van der Waals surface area contributed by atoms with Crippen LogP contribution < -0.4 is 4.90 Å². The summed E-state index contributed by atoms with van der Waals surface area (Å²) >= 11 is 0. The molecule has 0 spiro atoms. The van der Waals surface area contributed by atoms with Crippen LogP contribution in [0.5, 0.6) is 0 Å². The minimum absolute atomic E-state index is 0.225. The molecule has 0 amide bonds. The normalized spacial score (nSPS) is 22.3.